The number of para-hydroxylation sites is 1. The Balaban J connectivity index is 1.69. The summed E-state index contributed by atoms with van der Waals surface area (Å²) in [6, 6.07) is 6.05. The van der Waals surface area contributed by atoms with Crippen LogP contribution in [-0.4, -0.2) is 28.6 Å². The third-order valence-corrected chi connectivity index (χ3v) is 4.62. The van der Waals surface area contributed by atoms with Crippen LogP contribution in [0.2, 0.25) is 0 Å². The van der Waals surface area contributed by atoms with E-state index in [1.54, 1.807) is 12.1 Å². The molecule has 0 unspecified atom stereocenters. The number of halogens is 1. The molecule has 1 aromatic heterocycles. The second-order valence-corrected chi connectivity index (χ2v) is 6.26. The number of anilines is 2. The lowest BCUT2D eigenvalue weighted by atomic mass is 10.1. The van der Waals surface area contributed by atoms with E-state index < -0.39 is 11.7 Å². The average Bonchev–Trinajstić information content (AvgIpc) is 3.14. The van der Waals surface area contributed by atoms with E-state index in [9.17, 15) is 14.0 Å². The second kappa shape index (κ2) is 6.41. The van der Waals surface area contributed by atoms with Gasteiger partial charge in [0.05, 0.1) is 11.6 Å². The van der Waals surface area contributed by atoms with E-state index in [0.29, 0.717) is 5.13 Å². The first-order valence-electron chi connectivity index (χ1n) is 7.26. The van der Waals surface area contributed by atoms with Gasteiger partial charge in [0.2, 0.25) is 16.9 Å². The van der Waals surface area contributed by atoms with Gasteiger partial charge >= 0.3 is 0 Å². The van der Waals surface area contributed by atoms with Crippen LogP contribution in [0.5, 0.6) is 0 Å². The Morgan fingerprint density at radius 1 is 1.43 bits per heavy atom. The molecule has 0 bridgehead atoms. The molecule has 3 rings (SSSR count). The summed E-state index contributed by atoms with van der Waals surface area (Å²) in [6.45, 7) is 2.11. The molecule has 1 atom stereocenters. The van der Waals surface area contributed by atoms with Crippen LogP contribution in [0.15, 0.2) is 24.3 Å². The smallest absolute Gasteiger partial charge is 0.231 e. The lowest BCUT2D eigenvalue weighted by Crippen LogP contribution is -2.28. The van der Waals surface area contributed by atoms with Gasteiger partial charge in [-0.1, -0.05) is 30.4 Å². The number of carbonyl (C=O) groups is 2. The Kier molecular flexibility index (Phi) is 4.33. The summed E-state index contributed by atoms with van der Waals surface area (Å²) in [7, 11) is 0. The Labute approximate surface area is 136 Å². The van der Waals surface area contributed by atoms with Gasteiger partial charge < -0.3 is 10.2 Å². The molecule has 1 aliphatic rings. The number of rotatable bonds is 4. The van der Waals surface area contributed by atoms with Crippen LogP contribution in [-0.2, 0) is 16.0 Å². The molecule has 2 aromatic rings. The number of hydrogen-bond donors (Lipinski definition) is 1. The monoisotopic (exact) mass is 334 g/mol. The van der Waals surface area contributed by atoms with Gasteiger partial charge in [-0.2, -0.15) is 0 Å². The molecular formula is C15H15FN4O2S. The molecule has 1 saturated heterocycles. The van der Waals surface area contributed by atoms with Gasteiger partial charge in [-0.3, -0.25) is 9.59 Å². The SMILES string of the molecule is CCc1nnc(NC(=O)[C@@H]2CC(=O)N(c3ccccc3F)C2)s1. The van der Waals surface area contributed by atoms with Crippen LogP contribution in [0.25, 0.3) is 0 Å². The van der Waals surface area contributed by atoms with Gasteiger partial charge in [0, 0.05) is 13.0 Å². The van der Waals surface area contributed by atoms with Gasteiger partial charge in [0.25, 0.3) is 0 Å². The van der Waals surface area contributed by atoms with Gasteiger partial charge in [0.1, 0.15) is 10.8 Å². The second-order valence-electron chi connectivity index (χ2n) is 5.20. The van der Waals surface area contributed by atoms with Crippen molar-refractivity contribution in [3.05, 3.63) is 35.1 Å². The summed E-state index contributed by atoms with van der Waals surface area (Å²) in [6.07, 6.45) is 0.802. The highest BCUT2D eigenvalue weighted by Gasteiger charge is 2.36. The molecule has 0 aliphatic carbocycles. The molecule has 0 spiro atoms. The minimum atomic E-state index is -0.531. The van der Waals surface area contributed by atoms with Crippen molar-refractivity contribution in [1.82, 2.24) is 10.2 Å². The number of nitrogens with one attached hydrogen (secondary N) is 1. The van der Waals surface area contributed by atoms with Gasteiger partial charge in [-0.15, -0.1) is 10.2 Å². The zero-order chi connectivity index (χ0) is 16.4. The van der Waals surface area contributed by atoms with Gasteiger partial charge in [-0.25, -0.2) is 4.39 Å². The number of aryl methyl sites for hydroxylation is 1. The van der Waals surface area contributed by atoms with Crippen LogP contribution in [0.1, 0.15) is 18.4 Å². The average molecular weight is 334 g/mol. The number of amides is 2. The first-order chi connectivity index (χ1) is 11.1. The molecule has 8 heteroatoms. The number of benzene rings is 1. The normalized spacial score (nSPS) is 17.6. The van der Waals surface area contributed by atoms with Crippen molar-refractivity contribution in [3.63, 3.8) is 0 Å². The van der Waals surface area contributed by atoms with E-state index in [4.69, 9.17) is 0 Å². The maximum absolute atomic E-state index is 13.8. The summed E-state index contributed by atoms with van der Waals surface area (Å²) in [5.74, 6) is -1.56. The van der Waals surface area contributed by atoms with Crippen LogP contribution in [0.3, 0.4) is 0 Å². The molecule has 2 heterocycles. The van der Waals surface area contributed by atoms with Crippen molar-refractivity contribution in [3.8, 4) is 0 Å². The number of carbonyl (C=O) groups excluding carboxylic acids is 2. The third-order valence-electron chi connectivity index (χ3n) is 3.64. The van der Waals surface area contributed by atoms with E-state index in [1.165, 1.54) is 28.4 Å². The van der Waals surface area contributed by atoms with Crippen molar-refractivity contribution < 1.29 is 14.0 Å². The summed E-state index contributed by atoms with van der Waals surface area (Å²) >= 11 is 1.31. The topological polar surface area (TPSA) is 75.2 Å². The maximum atomic E-state index is 13.8. The lowest BCUT2D eigenvalue weighted by molar-refractivity contribution is -0.122. The van der Waals surface area contributed by atoms with E-state index in [0.717, 1.165) is 11.4 Å². The molecule has 23 heavy (non-hydrogen) atoms. The Morgan fingerprint density at radius 3 is 2.91 bits per heavy atom. The fourth-order valence-corrected chi connectivity index (χ4v) is 3.12. The molecule has 0 radical (unpaired) electrons. The quantitative estimate of drug-likeness (QED) is 0.930. The molecule has 120 valence electrons. The van der Waals surface area contributed by atoms with Crippen molar-refractivity contribution in [2.45, 2.75) is 19.8 Å². The zero-order valence-corrected chi connectivity index (χ0v) is 13.3. The highest BCUT2D eigenvalue weighted by molar-refractivity contribution is 7.15. The minimum Gasteiger partial charge on any atom is -0.309 e. The molecule has 1 N–H and O–H groups in total. The zero-order valence-electron chi connectivity index (χ0n) is 12.5. The van der Waals surface area contributed by atoms with Gasteiger partial charge in [0.15, 0.2) is 0 Å². The highest BCUT2D eigenvalue weighted by Crippen LogP contribution is 2.28. The molecular weight excluding hydrogens is 319 g/mol. The summed E-state index contributed by atoms with van der Waals surface area (Å²) in [4.78, 5) is 25.7. The first-order valence-corrected chi connectivity index (χ1v) is 8.08. The minimum absolute atomic E-state index is 0.0552. The Bertz CT molecular complexity index is 749. The Morgan fingerprint density at radius 2 is 2.22 bits per heavy atom. The van der Waals surface area contributed by atoms with E-state index >= 15 is 0 Å². The third kappa shape index (κ3) is 3.21. The largest absolute Gasteiger partial charge is 0.309 e. The molecule has 1 fully saturated rings. The number of hydrogen-bond acceptors (Lipinski definition) is 5. The van der Waals surface area contributed by atoms with Crippen molar-refractivity contribution in [1.29, 1.82) is 0 Å². The molecule has 6 nitrogen and oxygen atoms in total. The number of nitrogens with zero attached hydrogens (tertiary/aromatic N) is 3. The maximum Gasteiger partial charge on any atom is 0.231 e. The van der Waals surface area contributed by atoms with Crippen LogP contribution >= 0.6 is 11.3 Å². The van der Waals surface area contributed by atoms with Crippen molar-refractivity contribution in [2.75, 3.05) is 16.8 Å². The first kappa shape index (κ1) is 15.5. The van der Waals surface area contributed by atoms with Crippen molar-refractivity contribution in [2.24, 2.45) is 5.92 Å². The van der Waals surface area contributed by atoms with Crippen LogP contribution in [0, 0.1) is 11.7 Å². The molecule has 1 aliphatic heterocycles. The van der Waals surface area contributed by atoms with Crippen molar-refractivity contribution >= 4 is 34.0 Å². The summed E-state index contributed by atoms with van der Waals surface area (Å²) < 4.78 is 13.8. The summed E-state index contributed by atoms with van der Waals surface area (Å²) in [5.41, 5.74) is 0.206. The fraction of sp³-hybridized carbons (Fsp3) is 0.333. The van der Waals surface area contributed by atoms with E-state index in [-0.39, 0.29) is 30.5 Å². The fourth-order valence-electron chi connectivity index (χ4n) is 2.44. The number of aromatic nitrogens is 2. The Hall–Kier alpha value is -2.35. The highest BCUT2D eigenvalue weighted by atomic mass is 32.1. The van der Waals surface area contributed by atoms with E-state index in [2.05, 4.69) is 15.5 Å². The predicted molar refractivity (Wildman–Crippen MR) is 84.8 cm³/mol. The molecule has 2 amide bonds. The lowest BCUT2D eigenvalue weighted by Gasteiger charge is -2.17. The van der Waals surface area contributed by atoms with E-state index in [1.807, 2.05) is 6.92 Å². The standard InChI is InChI=1S/C15H15FN4O2S/c1-2-12-18-19-15(23-12)17-14(22)9-7-13(21)20(8-9)11-6-4-3-5-10(11)16/h3-6,9H,2,7-8H2,1H3,(H,17,19,22)/t9-/m1/s1. The van der Waals surface area contributed by atoms with Gasteiger partial charge in [-0.05, 0) is 18.6 Å². The summed E-state index contributed by atoms with van der Waals surface area (Å²) in [5, 5.41) is 11.7. The molecule has 1 aromatic carbocycles. The predicted octanol–water partition coefficient (Wildman–Crippen LogP) is 2.23. The van der Waals surface area contributed by atoms with Crippen LogP contribution < -0.4 is 10.2 Å². The molecule has 0 saturated carbocycles. The van der Waals surface area contributed by atoms with Crippen LogP contribution in [0.4, 0.5) is 15.2 Å².